The van der Waals surface area contributed by atoms with Gasteiger partial charge in [-0.1, -0.05) is 0 Å². The van der Waals surface area contributed by atoms with Gasteiger partial charge in [0.05, 0.1) is 5.56 Å². The molecule has 1 aromatic carbocycles. The lowest BCUT2D eigenvalue weighted by molar-refractivity contribution is -0.114. The molecule has 35 heavy (non-hydrogen) atoms. The van der Waals surface area contributed by atoms with E-state index in [1.54, 1.807) is 31.3 Å². The molecule has 0 aliphatic rings. The van der Waals surface area contributed by atoms with Crippen LogP contribution >= 0.6 is 0 Å². The summed E-state index contributed by atoms with van der Waals surface area (Å²) in [5.74, 6) is -0.195. The minimum Gasteiger partial charge on any atom is -0.382 e. The Morgan fingerprint density at radius 1 is 1.14 bits per heavy atom. The number of H-pyrrole nitrogens is 1. The molecule has 0 fully saturated rings. The van der Waals surface area contributed by atoms with Gasteiger partial charge in [0.25, 0.3) is 11.5 Å². The summed E-state index contributed by atoms with van der Waals surface area (Å²) in [6.45, 7) is 9.04. The molecule has 2 heterocycles. The van der Waals surface area contributed by atoms with Crippen molar-refractivity contribution in [3.05, 3.63) is 74.8 Å². The highest BCUT2D eigenvalue weighted by atomic mass is 16.2. The van der Waals surface area contributed by atoms with Gasteiger partial charge in [0.1, 0.15) is 5.82 Å². The number of carbonyl (C=O) groups is 2. The molecule has 182 valence electrons. The van der Waals surface area contributed by atoms with E-state index in [9.17, 15) is 14.4 Å². The number of pyridine rings is 2. The Morgan fingerprint density at radius 3 is 2.46 bits per heavy atom. The maximum Gasteiger partial charge on any atom is 0.253 e. The van der Waals surface area contributed by atoms with Crippen molar-refractivity contribution in [3.8, 4) is 11.1 Å². The van der Waals surface area contributed by atoms with Crippen LogP contribution in [0, 0.1) is 19.3 Å². The molecule has 5 N–H and O–H groups in total. The number of carbonyl (C=O) groups excluding carboxylic acids is 2. The topological polar surface area (TPSA) is 140 Å². The van der Waals surface area contributed by atoms with E-state index in [1.165, 1.54) is 6.92 Å². The summed E-state index contributed by atoms with van der Waals surface area (Å²) in [4.78, 5) is 43.9. The maximum atomic E-state index is 13.3. The first-order valence-corrected chi connectivity index (χ1v) is 11.3. The number of amides is 2. The predicted octanol–water partition coefficient (Wildman–Crippen LogP) is 3.76. The number of anilines is 2. The number of nitrogens with one attached hydrogen (secondary N) is 5. The summed E-state index contributed by atoms with van der Waals surface area (Å²) in [7, 11) is 0. The monoisotopic (exact) mass is 474 g/mol. The average Bonchev–Trinajstić information content (AvgIpc) is 2.77. The number of nitrogens with zero attached hydrogens (tertiary/aromatic N) is 1. The summed E-state index contributed by atoms with van der Waals surface area (Å²) >= 11 is 0. The first-order chi connectivity index (χ1) is 16.6. The van der Waals surface area contributed by atoms with Crippen molar-refractivity contribution in [1.82, 2.24) is 15.3 Å². The highest BCUT2D eigenvalue weighted by Crippen LogP contribution is 2.29. The Morgan fingerprint density at radius 2 is 1.89 bits per heavy atom. The van der Waals surface area contributed by atoms with Gasteiger partial charge < -0.3 is 26.3 Å². The minimum absolute atomic E-state index is 0.0574. The third kappa shape index (κ3) is 6.20. The molecule has 9 heteroatoms. The molecule has 9 nitrogen and oxygen atoms in total. The largest absolute Gasteiger partial charge is 0.382 e. The van der Waals surface area contributed by atoms with Gasteiger partial charge in [-0.05, 0) is 69.2 Å². The van der Waals surface area contributed by atoms with Crippen LogP contribution in [0.25, 0.3) is 11.1 Å². The van der Waals surface area contributed by atoms with Gasteiger partial charge in [0.15, 0.2) is 0 Å². The van der Waals surface area contributed by atoms with Crippen LogP contribution in [0.2, 0.25) is 0 Å². The van der Waals surface area contributed by atoms with E-state index in [0.29, 0.717) is 28.2 Å². The Kier molecular flexibility index (Phi) is 7.80. The summed E-state index contributed by atoms with van der Waals surface area (Å²) in [6.07, 6.45) is 2.76. The van der Waals surface area contributed by atoms with Gasteiger partial charge >= 0.3 is 0 Å². The second-order valence-electron chi connectivity index (χ2n) is 8.67. The second-order valence-corrected chi connectivity index (χ2v) is 8.67. The molecule has 0 aliphatic heterocycles. The molecule has 0 atom stereocenters. The molecular formula is C26H30N6O3. The molecule has 2 amide bonds. The first-order valence-electron chi connectivity index (χ1n) is 11.3. The van der Waals surface area contributed by atoms with E-state index in [0.717, 1.165) is 28.6 Å². The quantitative estimate of drug-likeness (QED) is 0.316. The van der Waals surface area contributed by atoms with Gasteiger partial charge in [0, 0.05) is 60.0 Å². The van der Waals surface area contributed by atoms with Crippen molar-refractivity contribution in [3.63, 3.8) is 0 Å². The summed E-state index contributed by atoms with van der Waals surface area (Å²) < 4.78 is 0. The smallest absolute Gasteiger partial charge is 0.253 e. The number of aryl methyl sites for hydroxylation is 2. The molecule has 0 saturated heterocycles. The second kappa shape index (κ2) is 10.8. The van der Waals surface area contributed by atoms with Crippen LogP contribution in [0.1, 0.15) is 53.5 Å². The molecule has 3 rings (SSSR count). The molecule has 2 aromatic heterocycles. The Bertz CT molecular complexity index is 1330. The van der Waals surface area contributed by atoms with Crippen molar-refractivity contribution in [2.24, 2.45) is 0 Å². The number of aromatic nitrogens is 2. The minimum atomic E-state index is -0.403. The molecule has 0 spiro atoms. The third-order valence-corrected chi connectivity index (χ3v) is 5.33. The Balaban J connectivity index is 2.00. The van der Waals surface area contributed by atoms with Gasteiger partial charge in [-0.15, -0.1) is 0 Å². The highest BCUT2D eigenvalue weighted by Gasteiger charge is 2.18. The Hall–Kier alpha value is -4.27. The number of rotatable bonds is 8. The van der Waals surface area contributed by atoms with E-state index in [-0.39, 0.29) is 24.1 Å². The number of hydrogen-bond acceptors (Lipinski definition) is 6. The number of hydrogen-bond donors (Lipinski definition) is 5. The number of aromatic amines is 1. The molecule has 0 bridgehead atoms. The summed E-state index contributed by atoms with van der Waals surface area (Å²) in [6, 6.07) is 8.96. The highest BCUT2D eigenvalue weighted by molar-refractivity contribution is 6.06. The van der Waals surface area contributed by atoms with Crippen LogP contribution in [-0.4, -0.2) is 34.0 Å². The summed E-state index contributed by atoms with van der Waals surface area (Å²) in [5.41, 5.74) is 4.62. The van der Waals surface area contributed by atoms with Crippen molar-refractivity contribution < 1.29 is 9.59 Å². The predicted molar refractivity (Wildman–Crippen MR) is 138 cm³/mol. The van der Waals surface area contributed by atoms with E-state index in [2.05, 4.69) is 25.9 Å². The molecule has 3 aromatic rings. The molecule has 0 radical (unpaired) electrons. The lowest BCUT2D eigenvalue weighted by atomic mass is 9.97. The van der Waals surface area contributed by atoms with Crippen LogP contribution in [-0.2, 0) is 11.3 Å². The van der Waals surface area contributed by atoms with Crippen LogP contribution in [0.3, 0.4) is 0 Å². The fourth-order valence-electron chi connectivity index (χ4n) is 3.78. The zero-order chi connectivity index (χ0) is 25.7. The molecule has 0 saturated carbocycles. The van der Waals surface area contributed by atoms with Crippen LogP contribution < -0.4 is 21.5 Å². The summed E-state index contributed by atoms with van der Waals surface area (Å²) in [5, 5.41) is 16.7. The fourth-order valence-corrected chi connectivity index (χ4v) is 3.78. The third-order valence-electron chi connectivity index (χ3n) is 5.33. The van der Waals surface area contributed by atoms with E-state index in [4.69, 9.17) is 5.41 Å². The standard InChI is InChI=1S/C26H30N6O3/c1-14(2)30-23-10-19(18-6-7-24(28-12-18)32-17(5)33)9-20(21(23)11-27)25(34)29-13-22-15(3)8-16(4)31-26(22)35/h6-12,14,27,30H,13H2,1-5H3,(H,29,34)(H,31,35)(H,28,32,33). The van der Waals surface area contributed by atoms with Crippen molar-refractivity contribution >= 4 is 29.5 Å². The Labute approximate surface area is 203 Å². The van der Waals surface area contributed by atoms with Gasteiger partial charge in [-0.3, -0.25) is 14.4 Å². The average molecular weight is 475 g/mol. The van der Waals surface area contributed by atoms with E-state index in [1.807, 2.05) is 32.9 Å². The van der Waals surface area contributed by atoms with Crippen molar-refractivity contribution in [1.29, 1.82) is 5.41 Å². The normalized spacial score (nSPS) is 10.7. The van der Waals surface area contributed by atoms with Gasteiger partial charge in [-0.2, -0.15) is 0 Å². The molecular weight excluding hydrogens is 444 g/mol. The number of benzene rings is 1. The van der Waals surface area contributed by atoms with Gasteiger partial charge in [-0.25, -0.2) is 4.98 Å². The van der Waals surface area contributed by atoms with Crippen LogP contribution in [0.4, 0.5) is 11.5 Å². The van der Waals surface area contributed by atoms with Crippen molar-refractivity contribution in [2.75, 3.05) is 10.6 Å². The van der Waals surface area contributed by atoms with E-state index >= 15 is 0 Å². The SMILES string of the molecule is CC(=O)Nc1ccc(-c2cc(NC(C)C)c(C=N)c(C(=O)NCc3c(C)cc(C)[nH]c3=O)c2)cn1. The first kappa shape index (κ1) is 25.4. The van der Waals surface area contributed by atoms with Crippen LogP contribution in [0.15, 0.2) is 41.3 Å². The maximum absolute atomic E-state index is 13.3. The van der Waals surface area contributed by atoms with Crippen LogP contribution in [0.5, 0.6) is 0 Å². The lowest BCUT2D eigenvalue weighted by Gasteiger charge is -2.18. The molecule has 0 unspecified atom stereocenters. The van der Waals surface area contributed by atoms with Crippen molar-refractivity contribution in [2.45, 2.75) is 47.2 Å². The lowest BCUT2D eigenvalue weighted by Crippen LogP contribution is -2.29. The zero-order valence-electron chi connectivity index (χ0n) is 20.5. The zero-order valence-corrected chi connectivity index (χ0v) is 20.5. The van der Waals surface area contributed by atoms with E-state index < -0.39 is 5.91 Å². The molecule has 0 aliphatic carbocycles. The fraction of sp³-hybridized carbons (Fsp3) is 0.269. The van der Waals surface area contributed by atoms with Gasteiger partial charge in [0.2, 0.25) is 5.91 Å².